The lowest BCUT2D eigenvalue weighted by Crippen LogP contribution is -2.44. The average molecular weight is 322 g/mol. The van der Waals surface area contributed by atoms with Crippen molar-refractivity contribution in [3.05, 3.63) is 12.4 Å². The summed E-state index contributed by atoms with van der Waals surface area (Å²) in [5, 5.41) is 6.17. The van der Waals surface area contributed by atoms with Gasteiger partial charge in [-0.05, 0) is 12.2 Å². The Labute approximate surface area is 134 Å². The number of hydrogen-bond donors (Lipinski definition) is 2. The van der Waals surface area contributed by atoms with E-state index in [1.54, 1.807) is 17.3 Å². The fourth-order valence-corrected chi connectivity index (χ4v) is 3.89. The largest absolute Gasteiger partial charge is 0.338 e. The number of aromatic nitrogens is 2. The number of amides is 2. The summed E-state index contributed by atoms with van der Waals surface area (Å²) >= 11 is 1.89. The van der Waals surface area contributed by atoms with Crippen molar-refractivity contribution < 1.29 is 4.79 Å². The maximum Gasteiger partial charge on any atom is 0.321 e. The molecule has 22 heavy (non-hydrogen) atoms. The quantitative estimate of drug-likeness (QED) is 0.860. The van der Waals surface area contributed by atoms with Crippen molar-refractivity contribution in [1.82, 2.24) is 20.2 Å². The van der Waals surface area contributed by atoms with E-state index in [1.165, 1.54) is 0 Å². The van der Waals surface area contributed by atoms with Crippen molar-refractivity contribution in [2.75, 3.05) is 54.9 Å². The SMILES string of the molecule is CN(C(=O)Nc1cnc(N2CCNCC2)nc1)C1CCSC1. The van der Waals surface area contributed by atoms with Gasteiger partial charge in [-0.2, -0.15) is 11.8 Å². The fraction of sp³-hybridized carbons (Fsp3) is 0.643. The van der Waals surface area contributed by atoms with Crippen molar-refractivity contribution in [1.29, 1.82) is 0 Å². The molecule has 8 heteroatoms. The number of nitrogens with zero attached hydrogens (tertiary/aromatic N) is 4. The van der Waals surface area contributed by atoms with Gasteiger partial charge in [0.05, 0.1) is 18.1 Å². The van der Waals surface area contributed by atoms with Crippen LogP contribution in [-0.4, -0.2) is 71.7 Å². The van der Waals surface area contributed by atoms with Crippen LogP contribution >= 0.6 is 11.8 Å². The van der Waals surface area contributed by atoms with Crippen LogP contribution in [0, 0.1) is 0 Å². The number of carbonyl (C=O) groups excluding carboxylic acids is 1. The van der Waals surface area contributed by atoms with Crippen LogP contribution in [0.15, 0.2) is 12.4 Å². The zero-order valence-electron chi connectivity index (χ0n) is 12.8. The molecule has 0 radical (unpaired) electrons. The van der Waals surface area contributed by atoms with Gasteiger partial charge in [-0.25, -0.2) is 14.8 Å². The molecule has 2 aliphatic rings. The van der Waals surface area contributed by atoms with E-state index in [1.807, 2.05) is 18.8 Å². The molecule has 3 rings (SSSR count). The minimum absolute atomic E-state index is 0.0916. The van der Waals surface area contributed by atoms with E-state index in [0.717, 1.165) is 50.1 Å². The first-order chi connectivity index (χ1) is 10.7. The Morgan fingerprint density at radius 1 is 1.41 bits per heavy atom. The van der Waals surface area contributed by atoms with E-state index in [2.05, 4.69) is 25.5 Å². The van der Waals surface area contributed by atoms with Gasteiger partial charge in [0.2, 0.25) is 5.95 Å². The van der Waals surface area contributed by atoms with Gasteiger partial charge in [0.15, 0.2) is 0 Å². The van der Waals surface area contributed by atoms with E-state index in [-0.39, 0.29) is 6.03 Å². The second-order valence-corrected chi connectivity index (χ2v) is 6.72. The maximum absolute atomic E-state index is 12.2. The standard InChI is InChI=1S/C14H22N6OS/c1-19(12-2-7-22-10-12)14(21)18-11-8-16-13(17-9-11)20-5-3-15-4-6-20/h8-9,12,15H,2-7,10H2,1H3,(H,18,21). The number of piperazine rings is 1. The van der Waals surface area contributed by atoms with Gasteiger partial charge < -0.3 is 20.4 Å². The first kappa shape index (κ1) is 15.4. The maximum atomic E-state index is 12.2. The summed E-state index contributed by atoms with van der Waals surface area (Å²) in [7, 11) is 1.85. The Kier molecular flexibility index (Phi) is 4.99. The summed E-state index contributed by atoms with van der Waals surface area (Å²) < 4.78 is 0. The Morgan fingerprint density at radius 2 is 2.14 bits per heavy atom. The van der Waals surface area contributed by atoms with Crippen LogP contribution in [0.3, 0.4) is 0 Å². The van der Waals surface area contributed by atoms with E-state index in [0.29, 0.717) is 11.7 Å². The number of rotatable bonds is 3. The van der Waals surface area contributed by atoms with Gasteiger partial charge in [0.1, 0.15) is 0 Å². The third kappa shape index (κ3) is 3.61. The third-order valence-electron chi connectivity index (χ3n) is 4.06. The normalized spacial score (nSPS) is 21.7. The molecule has 1 atom stereocenters. The molecule has 0 saturated carbocycles. The van der Waals surface area contributed by atoms with Crippen LogP contribution in [0.2, 0.25) is 0 Å². The molecule has 7 nitrogen and oxygen atoms in total. The monoisotopic (exact) mass is 322 g/mol. The van der Waals surface area contributed by atoms with Gasteiger partial charge >= 0.3 is 6.03 Å². The summed E-state index contributed by atoms with van der Waals surface area (Å²) in [6.45, 7) is 3.72. The molecule has 1 aromatic rings. The lowest BCUT2D eigenvalue weighted by molar-refractivity contribution is 0.209. The van der Waals surface area contributed by atoms with Gasteiger partial charge in [0, 0.05) is 45.0 Å². The zero-order valence-corrected chi connectivity index (χ0v) is 13.6. The molecule has 2 aliphatic heterocycles. The molecule has 120 valence electrons. The van der Waals surface area contributed by atoms with Crippen molar-refractivity contribution in [3.8, 4) is 0 Å². The van der Waals surface area contributed by atoms with Gasteiger partial charge in [0.25, 0.3) is 0 Å². The zero-order chi connectivity index (χ0) is 15.4. The Hall–Kier alpha value is -1.54. The first-order valence-electron chi connectivity index (χ1n) is 7.63. The molecule has 1 aromatic heterocycles. The highest BCUT2D eigenvalue weighted by Gasteiger charge is 2.24. The third-order valence-corrected chi connectivity index (χ3v) is 5.21. The highest BCUT2D eigenvalue weighted by atomic mass is 32.2. The smallest absolute Gasteiger partial charge is 0.321 e. The predicted molar refractivity (Wildman–Crippen MR) is 89.6 cm³/mol. The molecule has 0 aliphatic carbocycles. The molecular formula is C14H22N6OS. The Bertz CT molecular complexity index is 499. The van der Waals surface area contributed by atoms with Crippen LogP contribution in [0.5, 0.6) is 0 Å². The number of anilines is 2. The second kappa shape index (κ2) is 7.15. The lowest BCUT2D eigenvalue weighted by Gasteiger charge is -2.27. The van der Waals surface area contributed by atoms with Gasteiger partial charge in [-0.3, -0.25) is 0 Å². The molecule has 2 fully saturated rings. The van der Waals surface area contributed by atoms with Crippen molar-refractivity contribution >= 4 is 29.4 Å². The van der Waals surface area contributed by atoms with Crippen molar-refractivity contribution in [3.63, 3.8) is 0 Å². The number of thioether (sulfide) groups is 1. The molecule has 2 saturated heterocycles. The Morgan fingerprint density at radius 3 is 2.77 bits per heavy atom. The minimum Gasteiger partial charge on any atom is -0.338 e. The molecule has 0 spiro atoms. The number of urea groups is 1. The summed E-state index contributed by atoms with van der Waals surface area (Å²) in [4.78, 5) is 24.9. The number of nitrogens with one attached hydrogen (secondary N) is 2. The van der Waals surface area contributed by atoms with Gasteiger partial charge in [-0.15, -0.1) is 0 Å². The molecule has 3 heterocycles. The van der Waals surface area contributed by atoms with Crippen LogP contribution < -0.4 is 15.5 Å². The van der Waals surface area contributed by atoms with Crippen LogP contribution in [0.4, 0.5) is 16.4 Å². The molecule has 1 unspecified atom stereocenters. The molecular weight excluding hydrogens is 300 g/mol. The molecule has 0 aromatic carbocycles. The minimum atomic E-state index is -0.0916. The number of carbonyl (C=O) groups is 1. The van der Waals surface area contributed by atoms with Crippen LogP contribution in [0.25, 0.3) is 0 Å². The summed E-state index contributed by atoms with van der Waals surface area (Å²) in [5.74, 6) is 2.87. The summed E-state index contributed by atoms with van der Waals surface area (Å²) in [6.07, 6.45) is 4.42. The fourth-order valence-electron chi connectivity index (χ4n) is 2.62. The van der Waals surface area contributed by atoms with E-state index >= 15 is 0 Å². The van der Waals surface area contributed by atoms with Crippen molar-refractivity contribution in [2.24, 2.45) is 0 Å². The van der Waals surface area contributed by atoms with Crippen LogP contribution in [0.1, 0.15) is 6.42 Å². The van der Waals surface area contributed by atoms with Crippen molar-refractivity contribution in [2.45, 2.75) is 12.5 Å². The topological polar surface area (TPSA) is 73.4 Å². The van der Waals surface area contributed by atoms with E-state index < -0.39 is 0 Å². The van der Waals surface area contributed by atoms with Gasteiger partial charge in [-0.1, -0.05) is 0 Å². The summed E-state index contributed by atoms with van der Waals surface area (Å²) in [5.41, 5.74) is 0.640. The Balaban J connectivity index is 1.57. The average Bonchev–Trinajstić information content (AvgIpc) is 3.10. The van der Waals surface area contributed by atoms with E-state index in [4.69, 9.17) is 0 Å². The molecule has 0 bridgehead atoms. The predicted octanol–water partition coefficient (Wildman–Crippen LogP) is 0.855. The van der Waals surface area contributed by atoms with Crippen LogP contribution in [-0.2, 0) is 0 Å². The number of hydrogen-bond acceptors (Lipinski definition) is 6. The van der Waals surface area contributed by atoms with E-state index in [9.17, 15) is 4.79 Å². The second-order valence-electron chi connectivity index (χ2n) is 5.57. The highest BCUT2D eigenvalue weighted by molar-refractivity contribution is 7.99. The highest BCUT2D eigenvalue weighted by Crippen LogP contribution is 2.22. The molecule has 2 N–H and O–H groups in total. The summed E-state index contributed by atoms with van der Waals surface area (Å²) in [6, 6.07) is 0.233. The molecule has 2 amide bonds. The lowest BCUT2D eigenvalue weighted by atomic mass is 10.2. The first-order valence-corrected chi connectivity index (χ1v) is 8.79.